The highest BCUT2D eigenvalue weighted by Crippen LogP contribution is 2.36. The van der Waals surface area contributed by atoms with Crippen LogP contribution in [0.2, 0.25) is 0 Å². The van der Waals surface area contributed by atoms with Crippen molar-refractivity contribution in [1.82, 2.24) is 14.5 Å². The van der Waals surface area contributed by atoms with E-state index in [0.29, 0.717) is 16.7 Å². The number of amides is 1. The maximum absolute atomic E-state index is 12.4. The van der Waals surface area contributed by atoms with Crippen LogP contribution in [0.15, 0.2) is 0 Å². The van der Waals surface area contributed by atoms with Crippen LogP contribution >= 0.6 is 11.5 Å². The van der Waals surface area contributed by atoms with Gasteiger partial charge < -0.3 is 10.6 Å². The lowest BCUT2D eigenvalue weighted by atomic mass is 9.78. The minimum atomic E-state index is 0.0871. The maximum Gasteiger partial charge on any atom is 0.267 e. The first-order chi connectivity index (χ1) is 8.66. The number of hydrogen-bond donors (Lipinski definition) is 1. The van der Waals surface area contributed by atoms with Crippen LogP contribution in [0.5, 0.6) is 0 Å². The summed E-state index contributed by atoms with van der Waals surface area (Å²) in [6.45, 7) is 3.50. The summed E-state index contributed by atoms with van der Waals surface area (Å²) >= 11 is 1.20. The van der Waals surface area contributed by atoms with E-state index < -0.39 is 0 Å². The molecule has 3 unspecified atom stereocenters. The van der Waals surface area contributed by atoms with E-state index in [1.807, 2.05) is 11.8 Å². The average Bonchev–Trinajstić information content (AvgIpc) is 2.95. The Labute approximate surface area is 111 Å². The fraction of sp³-hybridized carbons (Fsp3) is 0.750. The monoisotopic (exact) mass is 266 g/mol. The Hall–Kier alpha value is -1.01. The molecule has 5 nitrogen and oxygen atoms in total. The number of aromatic nitrogens is 2. The summed E-state index contributed by atoms with van der Waals surface area (Å²) in [6, 6.07) is 0.266. The Morgan fingerprint density at radius 3 is 2.94 bits per heavy atom. The van der Waals surface area contributed by atoms with Crippen molar-refractivity contribution < 1.29 is 4.79 Å². The van der Waals surface area contributed by atoms with Crippen LogP contribution in [-0.4, -0.2) is 39.5 Å². The van der Waals surface area contributed by atoms with Gasteiger partial charge in [-0.3, -0.25) is 4.79 Å². The first kappa shape index (κ1) is 12.0. The third kappa shape index (κ3) is 1.93. The highest BCUT2D eigenvalue weighted by Gasteiger charge is 2.41. The van der Waals surface area contributed by atoms with E-state index in [9.17, 15) is 4.79 Å². The zero-order valence-electron chi connectivity index (χ0n) is 10.5. The van der Waals surface area contributed by atoms with Crippen molar-refractivity contribution in [3.8, 4) is 0 Å². The van der Waals surface area contributed by atoms with Crippen LogP contribution in [0.25, 0.3) is 0 Å². The van der Waals surface area contributed by atoms with Gasteiger partial charge in [-0.2, -0.15) is 0 Å². The van der Waals surface area contributed by atoms with Gasteiger partial charge in [0.15, 0.2) is 0 Å². The van der Waals surface area contributed by atoms with Crippen LogP contribution in [0.3, 0.4) is 0 Å². The predicted molar refractivity (Wildman–Crippen MR) is 69.4 cm³/mol. The maximum atomic E-state index is 12.4. The number of carbonyl (C=O) groups excluding carboxylic acids is 1. The van der Waals surface area contributed by atoms with E-state index in [-0.39, 0.29) is 11.9 Å². The van der Waals surface area contributed by atoms with Crippen molar-refractivity contribution in [2.24, 2.45) is 17.6 Å². The van der Waals surface area contributed by atoms with Gasteiger partial charge in [-0.1, -0.05) is 10.9 Å². The quantitative estimate of drug-likeness (QED) is 0.824. The number of likely N-dealkylation sites (tertiary alicyclic amines) is 1. The number of nitrogens with zero attached hydrogens (tertiary/aromatic N) is 3. The van der Waals surface area contributed by atoms with Gasteiger partial charge in [-0.15, -0.1) is 5.10 Å². The summed E-state index contributed by atoms with van der Waals surface area (Å²) in [5.74, 6) is 1.17. The fourth-order valence-electron chi connectivity index (χ4n) is 3.25. The van der Waals surface area contributed by atoms with E-state index in [1.54, 1.807) is 0 Å². The van der Waals surface area contributed by atoms with Gasteiger partial charge in [-0.05, 0) is 43.1 Å². The van der Waals surface area contributed by atoms with E-state index in [0.717, 1.165) is 25.2 Å². The zero-order valence-corrected chi connectivity index (χ0v) is 11.3. The molecule has 1 aliphatic carbocycles. The van der Waals surface area contributed by atoms with Gasteiger partial charge in [0.1, 0.15) is 4.88 Å². The molecule has 3 rings (SSSR count). The Bertz CT molecular complexity index is 461. The van der Waals surface area contributed by atoms with Crippen molar-refractivity contribution in [2.45, 2.75) is 32.2 Å². The molecule has 2 heterocycles. The minimum Gasteiger partial charge on any atom is -0.337 e. The molecule has 3 atom stereocenters. The van der Waals surface area contributed by atoms with Crippen LogP contribution < -0.4 is 5.73 Å². The third-order valence-electron chi connectivity index (χ3n) is 4.29. The molecule has 1 aromatic rings. The molecule has 2 N–H and O–H groups in total. The topological polar surface area (TPSA) is 72.1 Å². The van der Waals surface area contributed by atoms with E-state index in [1.165, 1.54) is 24.4 Å². The van der Waals surface area contributed by atoms with E-state index >= 15 is 0 Å². The van der Waals surface area contributed by atoms with Crippen molar-refractivity contribution in [3.63, 3.8) is 0 Å². The van der Waals surface area contributed by atoms with Crippen LogP contribution in [0, 0.1) is 18.8 Å². The molecule has 1 aliphatic heterocycles. The highest BCUT2D eigenvalue weighted by atomic mass is 32.1. The summed E-state index contributed by atoms with van der Waals surface area (Å²) in [5.41, 5.74) is 6.91. The molecule has 2 fully saturated rings. The Morgan fingerprint density at radius 1 is 1.44 bits per heavy atom. The lowest BCUT2D eigenvalue weighted by Gasteiger charge is -2.29. The number of carbonyl (C=O) groups is 1. The molecule has 0 aromatic carbocycles. The highest BCUT2D eigenvalue weighted by molar-refractivity contribution is 7.07. The molecular weight excluding hydrogens is 248 g/mol. The minimum absolute atomic E-state index is 0.0871. The Balaban J connectivity index is 1.75. The van der Waals surface area contributed by atoms with Crippen molar-refractivity contribution >= 4 is 17.4 Å². The molecule has 2 aliphatic rings. The van der Waals surface area contributed by atoms with Crippen LogP contribution in [0.4, 0.5) is 0 Å². The summed E-state index contributed by atoms with van der Waals surface area (Å²) in [5, 5.41) is 3.91. The second-order valence-electron chi connectivity index (χ2n) is 5.42. The first-order valence-electron chi connectivity index (χ1n) is 6.50. The van der Waals surface area contributed by atoms with Crippen molar-refractivity contribution in [2.75, 3.05) is 13.1 Å². The van der Waals surface area contributed by atoms with Gasteiger partial charge >= 0.3 is 0 Å². The molecule has 98 valence electrons. The predicted octanol–water partition coefficient (Wildman–Crippen LogP) is 1.05. The molecule has 18 heavy (non-hydrogen) atoms. The summed E-state index contributed by atoms with van der Waals surface area (Å²) in [4.78, 5) is 15.0. The molecule has 0 radical (unpaired) electrons. The fourth-order valence-corrected chi connectivity index (χ4v) is 3.88. The van der Waals surface area contributed by atoms with Gasteiger partial charge in [-0.25, -0.2) is 0 Å². The first-order valence-corrected chi connectivity index (χ1v) is 7.28. The summed E-state index contributed by atoms with van der Waals surface area (Å²) < 4.78 is 3.84. The SMILES string of the molecule is Cc1nnsc1C(=O)N1CC2CCCC(N)C2C1. The average molecular weight is 266 g/mol. The zero-order chi connectivity index (χ0) is 12.7. The Morgan fingerprint density at radius 2 is 2.28 bits per heavy atom. The number of fused-ring (bicyclic) bond motifs is 1. The van der Waals surface area contributed by atoms with Gasteiger partial charge in [0.2, 0.25) is 0 Å². The Kier molecular flexibility index (Phi) is 3.07. The summed E-state index contributed by atoms with van der Waals surface area (Å²) in [6.07, 6.45) is 3.51. The third-order valence-corrected chi connectivity index (χ3v) is 5.10. The van der Waals surface area contributed by atoms with E-state index in [2.05, 4.69) is 9.59 Å². The van der Waals surface area contributed by atoms with Gasteiger partial charge in [0.05, 0.1) is 5.69 Å². The number of aryl methyl sites for hydroxylation is 1. The van der Waals surface area contributed by atoms with Gasteiger partial charge in [0.25, 0.3) is 5.91 Å². The molecule has 1 aromatic heterocycles. The smallest absolute Gasteiger partial charge is 0.267 e. The van der Waals surface area contributed by atoms with Crippen molar-refractivity contribution in [3.05, 3.63) is 10.6 Å². The molecule has 0 spiro atoms. The van der Waals surface area contributed by atoms with Crippen molar-refractivity contribution in [1.29, 1.82) is 0 Å². The molecular formula is C12H18N4OS. The van der Waals surface area contributed by atoms with Crippen LogP contribution in [-0.2, 0) is 0 Å². The normalized spacial score (nSPS) is 31.4. The largest absolute Gasteiger partial charge is 0.337 e. The van der Waals surface area contributed by atoms with Crippen LogP contribution in [0.1, 0.15) is 34.6 Å². The summed E-state index contributed by atoms with van der Waals surface area (Å²) in [7, 11) is 0. The number of nitrogens with two attached hydrogens (primary N) is 1. The molecule has 0 bridgehead atoms. The molecule has 1 saturated carbocycles. The molecule has 1 saturated heterocycles. The van der Waals surface area contributed by atoms with E-state index in [4.69, 9.17) is 5.73 Å². The number of hydrogen-bond acceptors (Lipinski definition) is 5. The molecule has 6 heteroatoms. The second kappa shape index (κ2) is 4.59. The standard InChI is InChI=1S/C12H18N4OS/c1-7-11(18-15-14-7)12(17)16-5-8-3-2-4-10(13)9(8)6-16/h8-10H,2-6,13H2,1H3. The second-order valence-corrected chi connectivity index (χ2v) is 6.17. The van der Waals surface area contributed by atoms with Gasteiger partial charge in [0, 0.05) is 19.1 Å². The number of rotatable bonds is 1. The lowest BCUT2D eigenvalue weighted by Crippen LogP contribution is -2.38. The lowest BCUT2D eigenvalue weighted by molar-refractivity contribution is 0.0787. The molecule has 1 amide bonds.